The second-order valence-electron chi connectivity index (χ2n) is 4.80. The summed E-state index contributed by atoms with van der Waals surface area (Å²) in [6.07, 6.45) is 2.40. The number of rotatable bonds is 5. The van der Waals surface area contributed by atoms with Crippen LogP contribution in [0.15, 0.2) is 18.2 Å². The molecule has 108 valence electrons. The lowest BCUT2D eigenvalue weighted by Gasteiger charge is -2.15. The Hall–Kier alpha value is -2.15. The summed E-state index contributed by atoms with van der Waals surface area (Å²) in [5.41, 5.74) is 5.49. The molecule has 0 aliphatic carbocycles. The molecule has 3 N–H and O–H groups in total. The van der Waals surface area contributed by atoms with E-state index >= 15 is 0 Å². The molecule has 1 aromatic carbocycles. The smallest absolute Gasteiger partial charge is 0.292 e. The van der Waals surface area contributed by atoms with E-state index in [9.17, 15) is 14.9 Å². The molecule has 0 atom stereocenters. The molecule has 0 spiro atoms. The van der Waals surface area contributed by atoms with E-state index in [1.54, 1.807) is 0 Å². The number of nitrogens with one attached hydrogen (secondary N) is 1. The molecule has 2 rings (SSSR count). The van der Waals surface area contributed by atoms with E-state index in [2.05, 4.69) is 10.2 Å². The van der Waals surface area contributed by atoms with Crippen molar-refractivity contribution in [3.63, 3.8) is 0 Å². The Morgan fingerprint density at radius 2 is 2.10 bits per heavy atom. The highest BCUT2D eigenvalue weighted by Crippen LogP contribution is 2.24. The van der Waals surface area contributed by atoms with Gasteiger partial charge in [-0.3, -0.25) is 14.9 Å². The highest BCUT2D eigenvalue weighted by molar-refractivity contribution is 6.00. The number of likely N-dealkylation sites (tertiary alicyclic amines) is 1. The number of nitrogens with two attached hydrogens (primary N) is 1. The minimum atomic E-state index is -0.587. The van der Waals surface area contributed by atoms with E-state index in [0.717, 1.165) is 19.6 Å². The van der Waals surface area contributed by atoms with Crippen LogP contribution in [0.4, 0.5) is 11.4 Å². The standard InChI is InChI=1S/C13H18N4O3/c14-12-10(4-3-5-11(12)17(19)20)13(18)15-6-9-16-7-1-2-8-16/h3-5H,1-2,6-9,14H2,(H,15,18). The number of nitro groups is 1. The molecule has 0 bridgehead atoms. The van der Waals surface area contributed by atoms with Crippen LogP contribution < -0.4 is 11.1 Å². The Morgan fingerprint density at radius 3 is 2.75 bits per heavy atom. The Bertz CT molecular complexity index is 512. The van der Waals surface area contributed by atoms with Crippen LogP contribution in [-0.4, -0.2) is 41.9 Å². The minimum absolute atomic E-state index is 0.0869. The quantitative estimate of drug-likeness (QED) is 0.475. The number of nitrogen functional groups attached to an aromatic ring is 1. The van der Waals surface area contributed by atoms with Gasteiger partial charge < -0.3 is 16.0 Å². The minimum Gasteiger partial charge on any atom is -0.393 e. The summed E-state index contributed by atoms with van der Waals surface area (Å²) < 4.78 is 0. The van der Waals surface area contributed by atoms with Gasteiger partial charge >= 0.3 is 0 Å². The molecule has 0 radical (unpaired) electrons. The molecule has 1 saturated heterocycles. The number of nitro benzene ring substituents is 1. The summed E-state index contributed by atoms with van der Waals surface area (Å²) in [6.45, 7) is 3.44. The van der Waals surface area contributed by atoms with E-state index in [-0.39, 0.29) is 22.8 Å². The zero-order chi connectivity index (χ0) is 14.5. The third kappa shape index (κ3) is 3.24. The van der Waals surface area contributed by atoms with Crippen molar-refractivity contribution in [2.45, 2.75) is 12.8 Å². The number of anilines is 1. The molecular formula is C13H18N4O3. The van der Waals surface area contributed by atoms with Crippen LogP contribution in [0, 0.1) is 10.1 Å². The molecule has 0 aromatic heterocycles. The van der Waals surface area contributed by atoms with Crippen molar-refractivity contribution in [1.82, 2.24) is 10.2 Å². The number of carbonyl (C=O) groups excluding carboxylic acids is 1. The molecule has 1 amide bonds. The third-order valence-corrected chi connectivity index (χ3v) is 3.44. The Labute approximate surface area is 116 Å². The maximum atomic E-state index is 12.0. The third-order valence-electron chi connectivity index (χ3n) is 3.44. The van der Waals surface area contributed by atoms with Gasteiger partial charge in [-0.15, -0.1) is 0 Å². The lowest BCUT2D eigenvalue weighted by molar-refractivity contribution is -0.383. The molecule has 1 aromatic rings. The van der Waals surface area contributed by atoms with Crippen molar-refractivity contribution in [1.29, 1.82) is 0 Å². The zero-order valence-corrected chi connectivity index (χ0v) is 11.2. The van der Waals surface area contributed by atoms with Crippen LogP contribution in [0.5, 0.6) is 0 Å². The van der Waals surface area contributed by atoms with E-state index in [0.29, 0.717) is 6.54 Å². The van der Waals surface area contributed by atoms with Gasteiger partial charge in [0.15, 0.2) is 0 Å². The molecule has 1 aliphatic heterocycles. The Morgan fingerprint density at radius 1 is 1.40 bits per heavy atom. The zero-order valence-electron chi connectivity index (χ0n) is 11.2. The van der Waals surface area contributed by atoms with Crippen molar-refractivity contribution in [2.75, 3.05) is 31.9 Å². The normalized spacial score (nSPS) is 15.2. The van der Waals surface area contributed by atoms with Crippen molar-refractivity contribution < 1.29 is 9.72 Å². The van der Waals surface area contributed by atoms with Crippen LogP contribution in [0.2, 0.25) is 0 Å². The van der Waals surface area contributed by atoms with E-state index in [1.807, 2.05) is 0 Å². The predicted octanol–water partition coefficient (Wildman–Crippen LogP) is 1.00. The monoisotopic (exact) mass is 278 g/mol. The fraction of sp³-hybridized carbons (Fsp3) is 0.462. The molecular weight excluding hydrogens is 260 g/mol. The van der Waals surface area contributed by atoms with Crippen LogP contribution in [0.3, 0.4) is 0 Å². The average Bonchev–Trinajstić information content (AvgIpc) is 2.91. The second kappa shape index (κ2) is 6.33. The molecule has 1 aliphatic rings. The summed E-state index contributed by atoms with van der Waals surface area (Å²) in [4.78, 5) is 24.4. The largest absolute Gasteiger partial charge is 0.393 e. The van der Waals surface area contributed by atoms with Gasteiger partial charge in [0.05, 0.1) is 10.5 Å². The van der Waals surface area contributed by atoms with Gasteiger partial charge in [0.1, 0.15) is 5.69 Å². The van der Waals surface area contributed by atoms with Gasteiger partial charge in [0.25, 0.3) is 11.6 Å². The molecule has 1 fully saturated rings. The van der Waals surface area contributed by atoms with Crippen molar-refractivity contribution >= 4 is 17.3 Å². The number of benzene rings is 1. The molecule has 0 unspecified atom stereocenters. The number of amides is 1. The van der Waals surface area contributed by atoms with Crippen molar-refractivity contribution in [3.05, 3.63) is 33.9 Å². The molecule has 20 heavy (non-hydrogen) atoms. The maximum Gasteiger partial charge on any atom is 0.292 e. The highest BCUT2D eigenvalue weighted by atomic mass is 16.6. The molecule has 1 heterocycles. The summed E-state index contributed by atoms with van der Waals surface area (Å²) in [5, 5.41) is 13.5. The fourth-order valence-electron chi connectivity index (χ4n) is 2.34. The van der Waals surface area contributed by atoms with E-state index < -0.39 is 4.92 Å². The highest BCUT2D eigenvalue weighted by Gasteiger charge is 2.19. The van der Waals surface area contributed by atoms with Gasteiger partial charge in [-0.25, -0.2) is 0 Å². The number of para-hydroxylation sites is 1. The van der Waals surface area contributed by atoms with Crippen LogP contribution in [0.1, 0.15) is 23.2 Å². The number of hydrogen-bond donors (Lipinski definition) is 2. The number of hydrogen-bond acceptors (Lipinski definition) is 5. The number of nitrogens with zero attached hydrogens (tertiary/aromatic N) is 2. The summed E-state index contributed by atoms with van der Waals surface area (Å²) in [5.74, 6) is -0.370. The van der Waals surface area contributed by atoms with Crippen LogP contribution >= 0.6 is 0 Å². The Balaban J connectivity index is 1.95. The topological polar surface area (TPSA) is 102 Å². The fourth-order valence-corrected chi connectivity index (χ4v) is 2.34. The van der Waals surface area contributed by atoms with Crippen molar-refractivity contribution in [2.24, 2.45) is 0 Å². The maximum absolute atomic E-state index is 12.0. The van der Waals surface area contributed by atoms with Gasteiger partial charge in [-0.2, -0.15) is 0 Å². The average molecular weight is 278 g/mol. The lowest BCUT2D eigenvalue weighted by atomic mass is 10.1. The first-order chi connectivity index (χ1) is 9.59. The summed E-state index contributed by atoms with van der Waals surface area (Å²) >= 11 is 0. The first-order valence-corrected chi connectivity index (χ1v) is 6.63. The second-order valence-corrected chi connectivity index (χ2v) is 4.80. The Kier molecular flexibility index (Phi) is 4.52. The molecule has 7 heteroatoms. The van der Waals surface area contributed by atoms with Crippen molar-refractivity contribution in [3.8, 4) is 0 Å². The molecule has 7 nitrogen and oxygen atoms in total. The van der Waals surface area contributed by atoms with Gasteiger partial charge in [0.2, 0.25) is 0 Å². The number of carbonyl (C=O) groups is 1. The van der Waals surface area contributed by atoms with Gasteiger partial charge in [-0.05, 0) is 32.0 Å². The first kappa shape index (κ1) is 14.3. The summed E-state index contributed by atoms with van der Waals surface area (Å²) in [6, 6.07) is 4.24. The van der Waals surface area contributed by atoms with E-state index in [4.69, 9.17) is 5.73 Å². The van der Waals surface area contributed by atoms with E-state index in [1.165, 1.54) is 31.0 Å². The first-order valence-electron chi connectivity index (χ1n) is 6.63. The lowest BCUT2D eigenvalue weighted by Crippen LogP contribution is -2.33. The summed E-state index contributed by atoms with van der Waals surface area (Å²) in [7, 11) is 0. The van der Waals surface area contributed by atoms with Gasteiger partial charge in [0, 0.05) is 19.2 Å². The SMILES string of the molecule is Nc1c(C(=O)NCCN2CCCC2)cccc1[N+](=O)[O-]. The van der Waals surface area contributed by atoms with Crippen LogP contribution in [0.25, 0.3) is 0 Å². The predicted molar refractivity (Wildman–Crippen MR) is 75.5 cm³/mol. The van der Waals surface area contributed by atoms with Crippen LogP contribution in [-0.2, 0) is 0 Å². The molecule has 0 saturated carbocycles. The van der Waals surface area contributed by atoms with Gasteiger partial charge in [-0.1, -0.05) is 6.07 Å².